The minimum Gasteiger partial charge on any atom is -0.463 e. The standard InChI is InChI=1S/C24H26N6O2/c1-4-14(2)30-21-19(13-26-30)27-23(24(31)32-3)29-22(21)28-20(15-9-10-15)17-11-16-7-5-6-8-18(16)25-12-17/h5-8,11-15,20H,4,9-10H2,1-3H3,(H,27,28,29)/t14?,20-/m1/s1. The molecule has 1 aliphatic carbocycles. The molecule has 0 amide bonds. The molecule has 2 atom stereocenters. The molecule has 5 rings (SSSR count). The molecule has 32 heavy (non-hydrogen) atoms. The molecule has 3 heterocycles. The number of pyridine rings is 1. The summed E-state index contributed by atoms with van der Waals surface area (Å²) in [4.78, 5) is 25.9. The van der Waals surface area contributed by atoms with Gasteiger partial charge in [-0.3, -0.25) is 9.67 Å². The largest absolute Gasteiger partial charge is 0.463 e. The molecule has 0 radical (unpaired) electrons. The number of hydrogen-bond acceptors (Lipinski definition) is 7. The van der Waals surface area contributed by atoms with Crippen molar-refractivity contribution in [1.82, 2.24) is 24.7 Å². The minimum atomic E-state index is -0.568. The highest BCUT2D eigenvalue weighted by molar-refractivity contribution is 5.92. The Balaban J connectivity index is 1.62. The monoisotopic (exact) mass is 430 g/mol. The Hall–Kier alpha value is -3.55. The van der Waals surface area contributed by atoms with Crippen molar-refractivity contribution in [3.05, 3.63) is 54.1 Å². The summed E-state index contributed by atoms with van der Waals surface area (Å²) < 4.78 is 6.82. The van der Waals surface area contributed by atoms with Gasteiger partial charge in [-0.15, -0.1) is 0 Å². The fraction of sp³-hybridized carbons (Fsp3) is 0.375. The number of nitrogens with zero attached hydrogens (tertiary/aromatic N) is 5. The van der Waals surface area contributed by atoms with Gasteiger partial charge in [0.2, 0.25) is 5.82 Å². The molecule has 1 saturated carbocycles. The van der Waals surface area contributed by atoms with Crippen molar-refractivity contribution in [3.63, 3.8) is 0 Å². The van der Waals surface area contributed by atoms with E-state index in [2.05, 4.69) is 51.3 Å². The maximum atomic E-state index is 12.2. The zero-order chi connectivity index (χ0) is 22.2. The predicted molar refractivity (Wildman–Crippen MR) is 122 cm³/mol. The van der Waals surface area contributed by atoms with Crippen molar-refractivity contribution in [2.75, 3.05) is 12.4 Å². The number of carbonyl (C=O) groups excluding carboxylic acids is 1. The molecular formula is C24H26N6O2. The topological polar surface area (TPSA) is 94.8 Å². The van der Waals surface area contributed by atoms with Crippen LogP contribution in [0.5, 0.6) is 0 Å². The number of nitrogens with one attached hydrogen (secondary N) is 1. The highest BCUT2D eigenvalue weighted by Crippen LogP contribution is 2.43. The van der Waals surface area contributed by atoms with Crippen molar-refractivity contribution < 1.29 is 9.53 Å². The Morgan fingerprint density at radius 1 is 1.22 bits per heavy atom. The second-order valence-corrected chi connectivity index (χ2v) is 8.39. The number of hydrogen-bond donors (Lipinski definition) is 1. The number of fused-ring (bicyclic) bond motifs is 2. The van der Waals surface area contributed by atoms with Crippen molar-refractivity contribution in [2.45, 2.75) is 45.2 Å². The maximum Gasteiger partial charge on any atom is 0.376 e. The zero-order valence-corrected chi connectivity index (χ0v) is 18.4. The number of anilines is 1. The number of methoxy groups -OCH3 is 1. The van der Waals surface area contributed by atoms with Crippen LogP contribution >= 0.6 is 0 Å². The summed E-state index contributed by atoms with van der Waals surface area (Å²) in [6, 6.07) is 10.5. The molecule has 8 nitrogen and oxygen atoms in total. The molecule has 1 N–H and O–H groups in total. The summed E-state index contributed by atoms with van der Waals surface area (Å²) in [7, 11) is 1.33. The SMILES string of the molecule is CCC(C)n1ncc2nc(C(=O)OC)nc(N[C@@H](c3cnc4ccccc4c3)C3CC3)c21. The fourth-order valence-corrected chi connectivity index (χ4v) is 4.06. The van der Waals surface area contributed by atoms with Gasteiger partial charge in [-0.2, -0.15) is 5.10 Å². The summed E-state index contributed by atoms with van der Waals surface area (Å²) in [5.74, 6) is 0.529. The molecule has 0 bridgehead atoms. The number of benzene rings is 1. The first-order chi connectivity index (χ1) is 15.6. The van der Waals surface area contributed by atoms with Gasteiger partial charge in [0.15, 0.2) is 5.82 Å². The Morgan fingerprint density at radius 2 is 2.03 bits per heavy atom. The van der Waals surface area contributed by atoms with Gasteiger partial charge in [0.05, 0.1) is 24.9 Å². The highest BCUT2D eigenvalue weighted by Gasteiger charge is 2.34. The van der Waals surface area contributed by atoms with Gasteiger partial charge < -0.3 is 10.1 Å². The van der Waals surface area contributed by atoms with Crippen LogP contribution in [0.4, 0.5) is 5.82 Å². The summed E-state index contributed by atoms with van der Waals surface area (Å²) in [5, 5.41) is 9.28. The van der Waals surface area contributed by atoms with E-state index in [4.69, 9.17) is 4.74 Å². The molecule has 4 aromatic rings. The molecule has 1 unspecified atom stereocenters. The third-order valence-corrected chi connectivity index (χ3v) is 6.18. The van der Waals surface area contributed by atoms with Gasteiger partial charge in [0.25, 0.3) is 0 Å². The lowest BCUT2D eigenvalue weighted by Gasteiger charge is -2.21. The van der Waals surface area contributed by atoms with Gasteiger partial charge in [0.1, 0.15) is 11.0 Å². The van der Waals surface area contributed by atoms with Crippen LogP contribution in [0.25, 0.3) is 21.9 Å². The second-order valence-electron chi connectivity index (χ2n) is 8.39. The Kier molecular flexibility index (Phi) is 5.20. The molecule has 0 saturated heterocycles. The van der Waals surface area contributed by atoms with Crippen molar-refractivity contribution in [1.29, 1.82) is 0 Å². The molecule has 164 valence electrons. The van der Waals surface area contributed by atoms with Gasteiger partial charge in [0, 0.05) is 17.6 Å². The summed E-state index contributed by atoms with van der Waals surface area (Å²) in [6.07, 6.45) is 6.80. The zero-order valence-electron chi connectivity index (χ0n) is 18.4. The van der Waals surface area contributed by atoms with E-state index < -0.39 is 5.97 Å². The second kappa shape index (κ2) is 8.18. The molecule has 1 fully saturated rings. The summed E-state index contributed by atoms with van der Waals surface area (Å²) in [5.41, 5.74) is 3.49. The van der Waals surface area contributed by atoms with E-state index in [1.54, 1.807) is 6.20 Å². The lowest BCUT2D eigenvalue weighted by molar-refractivity contribution is 0.0587. The molecule has 8 heteroatoms. The lowest BCUT2D eigenvalue weighted by atomic mass is 10.0. The van der Waals surface area contributed by atoms with E-state index in [0.717, 1.165) is 41.2 Å². The average molecular weight is 431 g/mol. The number of ether oxygens (including phenoxy) is 1. The van der Waals surface area contributed by atoms with Crippen LogP contribution < -0.4 is 5.32 Å². The third kappa shape index (κ3) is 3.66. The number of carbonyl (C=O) groups is 1. The molecule has 3 aromatic heterocycles. The number of para-hydroxylation sites is 1. The van der Waals surface area contributed by atoms with Crippen LogP contribution in [0, 0.1) is 5.92 Å². The highest BCUT2D eigenvalue weighted by atomic mass is 16.5. The van der Waals surface area contributed by atoms with E-state index in [1.807, 2.05) is 29.1 Å². The normalized spacial score (nSPS) is 15.6. The van der Waals surface area contributed by atoms with Gasteiger partial charge >= 0.3 is 5.97 Å². The van der Waals surface area contributed by atoms with E-state index in [9.17, 15) is 4.79 Å². The maximum absolute atomic E-state index is 12.2. The van der Waals surface area contributed by atoms with Crippen LogP contribution in [0.15, 0.2) is 42.7 Å². The number of rotatable bonds is 7. The third-order valence-electron chi connectivity index (χ3n) is 6.18. The van der Waals surface area contributed by atoms with Crippen molar-refractivity contribution in [2.24, 2.45) is 5.92 Å². The molecule has 1 aromatic carbocycles. The molecular weight excluding hydrogens is 404 g/mol. The number of aromatic nitrogens is 5. The first kappa shape index (κ1) is 20.4. The molecule has 0 aliphatic heterocycles. The Morgan fingerprint density at radius 3 is 2.78 bits per heavy atom. The first-order valence-corrected chi connectivity index (χ1v) is 11.0. The van der Waals surface area contributed by atoms with E-state index in [0.29, 0.717) is 17.3 Å². The minimum absolute atomic E-state index is 0.0241. The molecule has 1 aliphatic rings. The van der Waals surface area contributed by atoms with E-state index >= 15 is 0 Å². The van der Waals surface area contributed by atoms with Crippen LogP contribution in [0.2, 0.25) is 0 Å². The summed E-state index contributed by atoms with van der Waals surface area (Å²) in [6.45, 7) is 4.22. The van der Waals surface area contributed by atoms with Gasteiger partial charge in [-0.25, -0.2) is 14.8 Å². The van der Waals surface area contributed by atoms with Gasteiger partial charge in [-0.1, -0.05) is 25.1 Å². The van der Waals surface area contributed by atoms with Crippen LogP contribution in [-0.4, -0.2) is 37.8 Å². The van der Waals surface area contributed by atoms with Crippen LogP contribution in [0.3, 0.4) is 0 Å². The molecule has 0 spiro atoms. The lowest BCUT2D eigenvalue weighted by Crippen LogP contribution is -2.18. The van der Waals surface area contributed by atoms with Crippen molar-refractivity contribution >= 4 is 33.7 Å². The van der Waals surface area contributed by atoms with Crippen molar-refractivity contribution in [3.8, 4) is 0 Å². The van der Waals surface area contributed by atoms with Crippen LogP contribution in [0.1, 0.15) is 61.4 Å². The average Bonchev–Trinajstić information content (AvgIpc) is 3.58. The fourth-order valence-electron chi connectivity index (χ4n) is 4.06. The summed E-state index contributed by atoms with van der Waals surface area (Å²) >= 11 is 0. The van der Waals surface area contributed by atoms with Gasteiger partial charge in [-0.05, 0) is 49.8 Å². The first-order valence-electron chi connectivity index (χ1n) is 11.0. The van der Waals surface area contributed by atoms with E-state index in [1.165, 1.54) is 7.11 Å². The van der Waals surface area contributed by atoms with E-state index in [-0.39, 0.29) is 17.9 Å². The Labute approximate surface area is 186 Å². The predicted octanol–water partition coefficient (Wildman–Crippen LogP) is 4.70. The Bertz CT molecular complexity index is 1300. The number of esters is 1. The van der Waals surface area contributed by atoms with Crippen LogP contribution in [-0.2, 0) is 4.74 Å². The quantitative estimate of drug-likeness (QED) is 0.425. The smallest absolute Gasteiger partial charge is 0.376 e.